The maximum Gasteiger partial charge on any atom is 0.243 e. The minimum absolute atomic E-state index is 0.269. The largest absolute Gasteiger partial charge is 0.298 e. The van der Waals surface area contributed by atoms with Crippen molar-refractivity contribution in [3.8, 4) is 0 Å². The lowest BCUT2D eigenvalue weighted by Crippen LogP contribution is -2.53. The van der Waals surface area contributed by atoms with Gasteiger partial charge in [-0.25, -0.2) is 8.42 Å². The van der Waals surface area contributed by atoms with E-state index in [0.717, 1.165) is 24.0 Å². The third-order valence-electron chi connectivity index (χ3n) is 3.85. The fourth-order valence-electron chi connectivity index (χ4n) is 2.55. The summed E-state index contributed by atoms with van der Waals surface area (Å²) in [4.78, 5) is 2.69. The number of rotatable bonds is 4. The molecule has 1 aromatic carbocycles. The van der Waals surface area contributed by atoms with E-state index in [1.54, 1.807) is 16.4 Å². The number of piperazine rings is 1. The number of benzene rings is 1. The van der Waals surface area contributed by atoms with Crippen LogP contribution in [-0.2, 0) is 15.4 Å². The molecule has 0 aromatic heterocycles. The number of nitrogens with zero attached hydrogens (tertiary/aromatic N) is 2. The molecular formula is C14H21BrN2O2S. The highest BCUT2D eigenvalue weighted by atomic mass is 79.9. The highest BCUT2D eigenvalue weighted by Gasteiger charge is 2.31. The molecule has 4 nitrogen and oxygen atoms in total. The Bertz CT molecular complexity index is 545. The van der Waals surface area contributed by atoms with Crippen molar-refractivity contribution in [1.29, 1.82) is 0 Å². The van der Waals surface area contributed by atoms with E-state index in [2.05, 4.69) is 34.7 Å². The quantitative estimate of drug-likeness (QED) is 0.773. The predicted octanol–water partition coefficient (Wildman–Crippen LogP) is 2.30. The monoisotopic (exact) mass is 360 g/mol. The van der Waals surface area contributed by atoms with Gasteiger partial charge in [-0.3, -0.25) is 4.90 Å². The molecule has 1 aromatic rings. The Hall–Kier alpha value is -0.430. The van der Waals surface area contributed by atoms with Crippen molar-refractivity contribution in [2.24, 2.45) is 0 Å². The average Bonchev–Trinajstić information content (AvgIpc) is 2.47. The Balaban J connectivity index is 2.18. The molecule has 1 fully saturated rings. The van der Waals surface area contributed by atoms with Crippen LogP contribution in [0.1, 0.15) is 19.4 Å². The molecule has 112 valence electrons. The fraction of sp³-hybridized carbons (Fsp3) is 0.571. The summed E-state index contributed by atoms with van der Waals surface area (Å²) in [6.07, 6.45) is 0. The second-order valence-corrected chi connectivity index (χ2v) is 7.62. The molecule has 0 N–H and O–H groups in total. The molecule has 0 radical (unpaired) electrons. The summed E-state index contributed by atoms with van der Waals surface area (Å²) in [5.41, 5.74) is 1.08. The molecule has 1 aliphatic heterocycles. The molecule has 0 spiro atoms. The Kier molecular flexibility index (Phi) is 5.23. The molecule has 1 aliphatic rings. The molecule has 20 heavy (non-hydrogen) atoms. The molecule has 6 heteroatoms. The summed E-state index contributed by atoms with van der Waals surface area (Å²) >= 11 is 3.37. The lowest BCUT2D eigenvalue weighted by molar-refractivity contribution is 0.135. The first-order chi connectivity index (χ1) is 9.48. The first-order valence-corrected chi connectivity index (χ1v) is 9.44. The van der Waals surface area contributed by atoms with Crippen molar-refractivity contribution in [2.45, 2.75) is 30.1 Å². The topological polar surface area (TPSA) is 40.6 Å². The van der Waals surface area contributed by atoms with Crippen molar-refractivity contribution >= 4 is 26.0 Å². The van der Waals surface area contributed by atoms with Gasteiger partial charge in [0.1, 0.15) is 0 Å². The molecule has 0 saturated carbocycles. The van der Waals surface area contributed by atoms with Crippen LogP contribution < -0.4 is 0 Å². The number of likely N-dealkylation sites (N-methyl/N-ethyl adjacent to an activating group) is 1. The van der Waals surface area contributed by atoms with Crippen molar-refractivity contribution in [2.75, 3.05) is 26.2 Å². The number of alkyl halides is 1. The zero-order chi connectivity index (χ0) is 14.8. The SMILES string of the molecule is CCN1CCN(S(=O)(=O)c2ccc(CBr)cc2)CC1C. The van der Waals surface area contributed by atoms with E-state index in [1.807, 2.05) is 12.1 Å². The summed E-state index contributed by atoms with van der Waals surface area (Å²) in [5.74, 6) is 0. The highest BCUT2D eigenvalue weighted by molar-refractivity contribution is 9.08. The normalized spacial score (nSPS) is 22.1. The lowest BCUT2D eigenvalue weighted by atomic mass is 10.2. The van der Waals surface area contributed by atoms with Crippen LogP contribution in [0.4, 0.5) is 0 Å². The Labute approximate surface area is 129 Å². The van der Waals surface area contributed by atoms with Gasteiger partial charge in [0.25, 0.3) is 0 Å². The van der Waals surface area contributed by atoms with Crippen LogP contribution in [0.2, 0.25) is 0 Å². The van der Waals surface area contributed by atoms with Crippen molar-refractivity contribution in [3.05, 3.63) is 29.8 Å². The van der Waals surface area contributed by atoms with E-state index in [1.165, 1.54) is 0 Å². The second kappa shape index (κ2) is 6.56. The van der Waals surface area contributed by atoms with E-state index < -0.39 is 10.0 Å². The van der Waals surface area contributed by atoms with Gasteiger partial charge in [0.15, 0.2) is 0 Å². The van der Waals surface area contributed by atoms with Crippen LogP contribution in [0, 0.1) is 0 Å². The summed E-state index contributed by atoms with van der Waals surface area (Å²) < 4.78 is 26.9. The van der Waals surface area contributed by atoms with Gasteiger partial charge in [-0.1, -0.05) is 35.0 Å². The molecular weight excluding hydrogens is 340 g/mol. The third-order valence-corrected chi connectivity index (χ3v) is 6.38. The summed E-state index contributed by atoms with van der Waals surface area (Å²) in [5, 5.41) is 0.736. The zero-order valence-corrected chi connectivity index (χ0v) is 14.3. The van der Waals surface area contributed by atoms with Gasteiger partial charge in [0.05, 0.1) is 4.90 Å². The first kappa shape index (κ1) is 15.9. The van der Waals surface area contributed by atoms with Gasteiger partial charge in [0.2, 0.25) is 10.0 Å². The van der Waals surface area contributed by atoms with Crippen LogP contribution in [0.15, 0.2) is 29.2 Å². The molecule has 1 heterocycles. The molecule has 0 bridgehead atoms. The summed E-state index contributed by atoms with van der Waals surface area (Å²) in [6.45, 7) is 7.10. The lowest BCUT2D eigenvalue weighted by Gasteiger charge is -2.38. The fourth-order valence-corrected chi connectivity index (χ4v) is 4.44. The van der Waals surface area contributed by atoms with E-state index in [9.17, 15) is 8.42 Å². The van der Waals surface area contributed by atoms with E-state index >= 15 is 0 Å². The molecule has 0 aliphatic carbocycles. The average molecular weight is 361 g/mol. The Morgan fingerprint density at radius 3 is 2.40 bits per heavy atom. The molecule has 1 saturated heterocycles. The predicted molar refractivity (Wildman–Crippen MR) is 84.5 cm³/mol. The Morgan fingerprint density at radius 2 is 1.90 bits per heavy atom. The first-order valence-electron chi connectivity index (χ1n) is 6.88. The van der Waals surface area contributed by atoms with Gasteiger partial charge >= 0.3 is 0 Å². The van der Waals surface area contributed by atoms with Gasteiger partial charge in [0, 0.05) is 31.0 Å². The number of hydrogen-bond donors (Lipinski definition) is 0. The van der Waals surface area contributed by atoms with E-state index in [4.69, 9.17) is 0 Å². The minimum atomic E-state index is -3.36. The molecule has 1 atom stereocenters. The second-order valence-electron chi connectivity index (χ2n) is 5.12. The van der Waals surface area contributed by atoms with Crippen molar-refractivity contribution < 1.29 is 8.42 Å². The Morgan fingerprint density at radius 1 is 1.25 bits per heavy atom. The highest BCUT2D eigenvalue weighted by Crippen LogP contribution is 2.20. The van der Waals surface area contributed by atoms with Gasteiger partial charge in [-0.15, -0.1) is 0 Å². The molecule has 0 amide bonds. The number of halogens is 1. The van der Waals surface area contributed by atoms with Crippen molar-refractivity contribution in [3.63, 3.8) is 0 Å². The summed E-state index contributed by atoms with van der Waals surface area (Å²) in [7, 11) is -3.36. The van der Waals surface area contributed by atoms with Crippen LogP contribution in [0.5, 0.6) is 0 Å². The van der Waals surface area contributed by atoms with Crippen LogP contribution in [-0.4, -0.2) is 49.8 Å². The van der Waals surface area contributed by atoms with E-state index in [0.29, 0.717) is 18.0 Å². The number of sulfonamides is 1. The summed E-state index contributed by atoms with van der Waals surface area (Å²) in [6, 6.07) is 7.37. The van der Waals surface area contributed by atoms with Gasteiger partial charge < -0.3 is 0 Å². The number of hydrogen-bond acceptors (Lipinski definition) is 3. The molecule has 1 unspecified atom stereocenters. The maximum absolute atomic E-state index is 12.6. The van der Waals surface area contributed by atoms with E-state index in [-0.39, 0.29) is 6.04 Å². The zero-order valence-electron chi connectivity index (χ0n) is 11.9. The maximum atomic E-state index is 12.6. The van der Waals surface area contributed by atoms with Crippen LogP contribution >= 0.6 is 15.9 Å². The van der Waals surface area contributed by atoms with Gasteiger partial charge in [-0.05, 0) is 31.2 Å². The standard InChI is InChI=1S/C14H21BrN2O2S/c1-3-16-8-9-17(11-12(16)2)20(18,19)14-6-4-13(10-15)5-7-14/h4-7,12H,3,8-11H2,1-2H3. The van der Waals surface area contributed by atoms with Crippen molar-refractivity contribution in [1.82, 2.24) is 9.21 Å². The third kappa shape index (κ3) is 3.24. The minimum Gasteiger partial charge on any atom is -0.298 e. The smallest absolute Gasteiger partial charge is 0.243 e. The van der Waals surface area contributed by atoms with Crippen LogP contribution in [0.3, 0.4) is 0 Å². The van der Waals surface area contributed by atoms with Gasteiger partial charge in [-0.2, -0.15) is 4.31 Å². The molecule has 2 rings (SSSR count). The van der Waals surface area contributed by atoms with Crippen LogP contribution in [0.25, 0.3) is 0 Å².